The molecule has 0 spiro atoms. The fourth-order valence-corrected chi connectivity index (χ4v) is 3.72. The van der Waals surface area contributed by atoms with Crippen LogP contribution in [-0.4, -0.2) is 17.4 Å². The summed E-state index contributed by atoms with van der Waals surface area (Å²) in [6, 6.07) is 9.03. The third-order valence-electron chi connectivity index (χ3n) is 3.17. The van der Waals surface area contributed by atoms with Gasteiger partial charge in [0, 0.05) is 18.5 Å². The summed E-state index contributed by atoms with van der Waals surface area (Å²) in [6.07, 6.45) is -4.76. The van der Waals surface area contributed by atoms with E-state index in [9.17, 15) is 22.4 Å². The number of nitrogens with one attached hydrogen (secondary N) is 2. The first-order valence-electron chi connectivity index (χ1n) is 7.40. The zero-order valence-corrected chi connectivity index (χ0v) is 15.0. The summed E-state index contributed by atoms with van der Waals surface area (Å²) in [4.78, 5) is 16.0. The molecule has 2 aromatic carbocycles. The number of nitrogens with zero attached hydrogens (tertiary/aromatic N) is 1. The van der Waals surface area contributed by atoms with Gasteiger partial charge in [-0.25, -0.2) is 14.2 Å². The van der Waals surface area contributed by atoms with Gasteiger partial charge in [0.1, 0.15) is 11.6 Å². The van der Waals surface area contributed by atoms with Crippen molar-refractivity contribution in [3.05, 3.63) is 53.8 Å². The van der Waals surface area contributed by atoms with Crippen LogP contribution in [0.5, 0.6) is 5.75 Å². The standard InChI is InChI=1S/C16H11F4N3O2S2/c17-10-3-1-9(2-4-10)8-21-14(24)23-27-15-22-12-6-5-11(7-13(12)26-15)25-16(18,19)20/h1-7H,8H2,(H2,21,23,24). The minimum Gasteiger partial charge on any atom is -0.406 e. The van der Waals surface area contributed by atoms with E-state index in [1.807, 2.05) is 0 Å². The van der Waals surface area contributed by atoms with Crippen molar-refractivity contribution in [2.75, 3.05) is 0 Å². The number of amides is 2. The van der Waals surface area contributed by atoms with Crippen LogP contribution in [0.3, 0.4) is 0 Å². The first-order valence-corrected chi connectivity index (χ1v) is 9.03. The molecule has 3 rings (SSSR count). The van der Waals surface area contributed by atoms with Crippen LogP contribution in [0.4, 0.5) is 22.4 Å². The van der Waals surface area contributed by atoms with Gasteiger partial charge in [-0.2, -0.15) is 0 Å². The number of halogens is 4. The molecule has 0 aliphatic rings. The Kier molecular flexibility index (Phi) is 5.71. The van der Waals surface area contributed by atoms with E-state index >= 15 is 0 Å². The van der Waals surface area contributed by atoms with Crippen molar-refractivity contribution >= 4 is 39.5 Å². The molecule has 0 radical (unpaired) electrons. The number of rotatable bonds is 5. The van der Waals surface area contributed by atoms with E-state index in [-0.39, 0.29) is 18.1 Å². The third kappa shape index (κ3) is 5.73. The van der Waals surface area contributed by atoms with Crippen LogP contribution in [0.2, 0.25) is 0 Å². The molecular weight excluding hydrogens is 406 g/mol. The quantitative estimate of drug-likeness (QED) is 0.461. The zero-order valence-electron chi connectivity index (χ0n) is 13.3. The van der Waals surface area contributed by atoms with Crippen molar-refractivity contribution in [1.82, 2.24) is 15.0 Å². The van der Waals surface area contributed by atoms with E-state index in [4.69, 9.17) is 0 Å². The number of thiazole rings is 1. The highest BCUT2D eigenvalue weighted by atomic mass is 32.2. The molecule has 0 aliphatic carbocycles. The smallest absolute Gasteiger partial charge is 0.406 e. The predicted octanol–water partition coefficient (Wildman–Crippen LogP) is 4.84. The topological polar surface area (TPSA) is 63.2 Å². The highest BCUT2D eigenvalue weighted by molar-refractivity contribution is 7.99. The first-order chi connectivity index (χ1) is 12.8. The largest absolute Gasteiger partial charge is 0.573 e. The number of alkyl halides is 3. The molecule has 3 aromatic rings. The average molecular weight is 417 g/mol. The van der Waals surface area contributed by atoms with Gasteiger partial charge in [-0.05, 0) is 35.9 Å². The van der Waals surface area contributed by atoms with Crippen LogP contribution in [0, 0.1) is 5.82 Å². The summed E-state index contributed by atoms with van der Waals surface area (Å²) in [5, 5.41) is 2.60. The van der Waals surface area contributed by atoms with Crippen molar-refractivity contribution < 1.29 is 27.1 Å². The Morgan fingerprint density at radius 2 is 1.93 bits per heavy atom. The molecule has 0 unspecified atom stereocenters. The fourth-order valence-electron chi connectivity index (χ4n) is 2.04. The maximum absolute atomic E-state index is 12.8. The van der Waals surface area contributed by atoms with Crippen LogP contribution in [-0.2, 0) is 6.54 Å². The number of ether oxygens (including phenoxy) is 1. The lowest BCUT2D eigenvalue weighted by Gasteiger charge is -2.07. The molecule has 2 N–H and O–H groups in total. The zero-order chi connectivity index (χ0) is 19.4. The van der Waals surface area contributed by atoms with E-state index in [2.05, 4.69) is 19.8 Å². The van der Waals surface area contributed by atoms with Gasteiger partial charge in [0.15, 0.2) is 4.34 Å². The number of carbonyl (C=O) groups is 1. The fraction of sp³-hybridized carbons (Fsp3) is 0.125. The van der Waals surface area contributed by atoms with E-state index in [0.717, 1.165) is 28.8 Å². The van der Waals surface area contributed by atoms with Crippen LogP contribution < -0.4 is 14.8 Å². The van der Waals surface area contributed by atoms with Crippen LogP contribution in [0.15, 0.2) is 46.8 Å². The van der Waals surface area contributed by atoms with Crippen LogP contribution in [0.1, 0.15) is 5.56 Å². The Balaban J connectivity index is 1.54. The molecule has 0 bridgehead atoms. The summed E-state index contributed by atoms with van der Waals surface area (Å²) in [6.45, 7) is 0.213. The molecule has 0 saturated carbocycles. The van der Waals surface area contributed by atoms with Gasteiger partial charge in [0.25, 0.3) is 0 Å². The lowest BCUT2D eigenvalue weighted by molar-refractivity contribution is -0.274. The normalized spacial score (nSPS) is 11.4. The van der Waals surface area contributed by atoms with Crippen molar-refractivity contribution in [2.24, 2.45) is 0 Å². The molecule has 1 heterocycles. The molecule has 0 saturated heterocycles. The molecule has 142 valence electrons. The highest BCUT2D eigenvalue weighted by Gasteiger charge is 2.31. The average Bonchev–Trinajstić information content (AvgIpc) is 3.00. The van der Waals surface area contributed by atoms with E-state index in [1.54, 1.807) is 12.1 Å². The molecule has 0 atom stereocenters. The summed E-state index contributed by atoms with van der Waals surface area (Å²) >= 11 is 2.05. The van der Waals surface area contributed by atoms with E-state index < -0.39 is 12.4 Å². The van der Waals surface area contributed by atoms with Crippen molar-refractivity contribution in [3.8, 4) is 5.75 Å². The Bertz CT molecular complexity index is 945. The first kappa shape index (κ1) is 19.2. The van der Waals surface area contributed by atoms with Crippen molar-refractivity contribution in [1.29, 1.82) is 0 Å². The van der Waals surface area contributed by atoms with Gasteiger partial charge in [-0.1, -0.05) is 12.1 Å². The maximum atomic E-state index is 12.8. The number of benzene rings is 2. The highest BCUT2D eigenvalue weighted by Crippen LogP contribution is 2.32. The molecule has 0 fully saturated rings. The molecule has 11 heteroatoms. The van der Waals surface area contributed by atoms with Crippen LogP contribution >= 0.6 is 23.3 Å². The summed E-state index contributed by atoms with van der Waals surface area (Å²) < 4.78 is 56.9. The Labute approximate surface area is 158 Å². The predicted molar refractivity (Wildman–Crippen MR) is 93.9 cm³/mol. The summed E-state index contributed by atoms with van der Waals surface area (Å²) in [5.74, 6) is -0.696. The molecular formula is C16H11F4N3O2S2. The van der Waals surface area contributed by atoms with Crippen LogP contribution in [0.25, 0.3) is 10.2 Å². The van der Waals surface area contributed by atoms with Gasteiger partial charge >= 0.3 is 12.4 Å². The second-order valence-corrected chi connectivity index (χ2v) is 7.25. The number of carbonyl (C=O) groups excluding carboxylic acids is 1. The number of fused-ring (bicyclic) bond motifs is 1. The number of urea groups is 1. The second kappa shape index (κ2) is 8.01. The minimum absolute atomic E-state index is 0.213. The number of aromatic nitrogens is 1. The summed E-state index contributed by atoms with van der Waals surface area (Å²) in [5.41, 5.74) is 1.22. The lowest BCUT2D eigenvalue weighted by atomic mass is 10.2. The lowest BCUT2D eigenvalue weighted by Crippen LogP contribution is -2.30. The number of hydrogen-bond donors (Lipinski definition) is 2. The van der Waals surface area contributed by atoms with Gasteiger partial charge in [0.2, 0.25) is 0 Å². The van der Waals surface area contributed by atoms with E-state index in [1.165, 1.54) is 30.3 Å². The SMILES string of the molecule is O=C(NCc1ccc(F)cc1)NSc1nc2ccc(OC(F)(F)F)cc2s1. The minimum atomic E-state index is -4.76. The molecule has 0 aliphatic heterocycles. The second-order valence-electron chi connectivity index (χ2n) is 5.17. The molecule has 5 nitrogen and oxygen atoms in total. The van der Waals surface area contributed by atoms with Gasteiger partial charge < -0.3 is 10.1 Å². The Morgan fingerprint density at radius 3 is 2.63 bits per heavy atom. The van der Waals surface area contributed by atoms with Crippen molar-refractivity contribution in [3.63, 3.8) is 0 Å². The van der Waals surface area contributed by atoms with Gasteiger partial charge in [-0.15, -0.1) is 24.5 Å². The van der Waals surface area contributed by atoms with E-state index in [0.29, 0.717) is 14.6 Å². The third-order valence-corrected chi connectivity index (χ3v) is 5.04. The monoisotopic (exact) mass is 417 g/mol. The van der Waals surface area contributed by atoms with Gasteiger partial charge in [0.05, 0.1) is 10.2 Å². The molecule has 1 aromatic heterocycles. The Hall–Kier alpha value is -2.53. The summed E-state index contributed by atoms with van der Waals surface area (Å²) in [7, 11) is 0. The molecule has 2 amide bonds. The number of hydrogen-bond acceptors (Lipinski definition) is 5. The molecule has 27 heavy (non-hydrogen) atoms. The maximum Gasteiger partial charge on any atom is 0.573 e. The van der Waals surface area contributed by atoms with Crippen molar-refractivity contribution in [2.45, 2.75) is 17.2 Å². The Morgan fingerprint density at radius 1 is 1.19 bits per heavy atom. The van der Waals surface area contributed by atoms with Gasteiger partial charge in [-0.3, -0.25) is 4.72 Å².